The van der Waals surface area contributed by atoms with Crippen molar-refractivity contribution < 1.29 is 58.7 Å². The van der Waals surface area contributed by atoms with Gasteiger partial charge in [0.25, 0.3) is 0 Å². The maximum atomic E-state index is 12.7. The van der Waals surface area contributed by atoms with Crippen molar-refractivity contribution in [2.24, 2.45) is 16.7 Å². The van der Waals surface area contributed by atoms with Gasteiger partial charge in [-0.3, -0.25) is 9.59 Å². The van der Waals surface area contributed by atoms with Gasteiger partial charge in [0.1, 0.15) is 15.5 Å². The molecule has 0 spiro atoms. The van der Waals surface area contributed by atoms with Gasteiger partial charge in [0.2, 0.25) is 0 Å². The van der Waals surface area contributed by atoms with Gasteiger partial charge < -0.3 is 43.9 Å². The van der Waals surface area contributed by atoms with Crippen molar-refractivity contribution in [1.29, 1.82) is 0 Å². The normalized spacial score (nSPS) is 11.8. The Morgan fingerprint density at radius 2 is 0.868 bits per heavy atom. The Morgan fingerprint density at radius 1 is 0.527 bits per heavy atom. The van der Waals surface area contributed by atoms with E-state index < -0.39 is 5.41 Å². The molecule has 0 fully saturated rings. The largest absolute Gasteiger partial charge is 1.00 e. The van der Waals surface area contributed by atoms with Crippen molar-refractivity contribution in [2.45, 2.75) is 127 Å². The van der Waals surface area contributed by atoms with E-state index in [-0.39, 0.29) is 58.6 Å². The Balaban J connectivity index is 0.000000290. The molecular weight excluding hydrogens is 1200 g/mol. The van der Waals surface area contributed by atoms with Gasteiger partial charge in [0, 0.05) is 89.4 Å². The number of carbonyl (C=O) groups excluding carboxylic acids is 2. The predicted molar refractivity (Wildman–Crippen MR) is 369 cm³/mol. The van der Waals surface area contributed by atoms with Crippen molar-refractivity contribution in [3.8, 4) is 33.8 Å². The average Bonchev–Trinajstić information content (AvgIpc) is 1.62. The molecule has 0 saturated carbocycles. The number of ether oxygens (including phenoxy) is 5. The molecule has 3 radical (unpaired) electrons. The Morgan fingerprint density at radius 3 is 1.21 bits per heavy atom. The van der Waals surface area contributed by atoms with Gasteiger partial charge in [-0.15, -0.1) is 0 Å². The summed E-state index contributed by atoms with van der Waals surface area (Å²) in [7, 11) is 5.15. The maximum Gasteiger partial charge on any atom is 1.00 e. The van der Waals surface area contributed by atoms with Crippen LogP contribution in [0.25, 0.3) is 66.9 Å². The minimum atomic E-state index is -0.705. The predicted octanol–water partition coefficient (Wildman–Crippen LogP) is 12.9. The van der Waals surface area contributed by atoms with Crippen LogP contribution in [0.5, 0.6) is 0 Å². The molecule has 0 saturated heterocycles. The topological polar surface area (TPSA) is 154 Å². The minimum absolute atomic E-state index is 0. The van der Waals surface area contributed by atoms with Gasteiger partial charge in [0.05, 0.1) is 94.5 Å². The molecule has 1 unspecified atom stereocenters. The van der Waals surface area contributed by atoms with E-state index in [1.807, 2.05) is 95.3 Å². The first kappa shape index (κ1) is 75.8. The molecule has 19 heteroatoms. The summed E-state index contributed by atoms with van der Waals surface area (Å²) in [5.74, 6) is -0.699. The molecule has 1 atom stereocenters. The molecule has 9 aromatic rings. The molecule has 481 valence electrons. The summed E-state index contributed by atoms with van der Waals surface area (Å²) in [6.45, 7) is 25.1. The Hall–Kier alpha value is -5.96. The van der Waals surface area contributed by atoms with E-state index in [0.717, 1.165) is 111 Å². The zero-order valence-corrected chi connectivity index (χ0v) is 58.0. The summed E-state index contributed by atoms with van der Waals surface area (Å²) in [5.41, 5.74) is 18.4. The number of carbonyl (C=O) groups is 2. The first-order chi connectivity index (χ1) is 42.8. The van der Waals surface area contributed by atoms with E-state index in [0.29, 0.717) is 67.8 Å². The van der Waals surface area contributed by atoms with E-state index in [9.17, 15) is 14.7 Å². The Bertz CT molecular complexity index is 3870. The standard InChI is InChI=1S/C25H31ClN2O3.C24H29ClN2O3.C23H29ClN2O2.B.Li.H/c1-6-28-20-12-13-21(26)27-22(20)19(16-25(3,4)24(29)31-7-2)23(28)18-11-9-8-10-17(18)14-15-30-5;1-5-27-20-11-12-21(25)26-22(20)19(15-16(3)24(28)30-6-2)23(27)18-10-8-7-9-17(18)13-14-29-4;1-5-26-19-10-11-20(24)25-21(19)18(14-23(2,3)15-27)22(26)17-9-7-6-8-16(17)12-13-28-4;;;/h8-13H,6-7,14-16H2,1-5H3;7-12,16H,5-6,13-15H2,1-4H3;6-11,27H,5,12-15H2,1-4H3;;;/q;;;;+1;-1. The number of halogens is 3. The number of rotatable bonds is 26. The molecule has 0 aliphatic rings. The van der Waals surface area contributed by atoms with Crippen LogP contribution in [-0.2, 0) is 91.4 Å². The summed E-state index contributed by atoms with van der Waals surface area (Å²) in [5, 5.41) is 11.3. The fourth-order valence-electron chi connectivity index (χ4n) is 11.8. The number of aliphatic hydroxyl groups excluding tert-OH is 1. The first-order valence-electron chi connectivity index (χ1n) is 31.0. The van der Waals surface area contributed by atoms with E-state index in [4.69, 9.17) is 58.5 Å². The number of benzene rings is 3. The number of hydrogen-bond donors (Lipinski definition) is 1. The molecular formula is C72H90BCl3LiN6O8. The van der Waals surface area contributed by atoms with E-state index in [2.05, 4.69) is 112 Å². The summed E-state index contributed by atoms with van der Waals surface area (Å²) in [4.78, 5) is 39.1. The van der Waals surface area contributed by atoms with Crippen LogP contribution in [0.2, 0.25) is 15.5 Å². The maximum absolute atomic E-state index is 12.7. The Kier molecular flexibility index (Phi) is 29.4. The van der Waals surface area contributed by atoms with Crippen LogP contribution in [0.1, 0.15) is 104 Å². The van der Waals surface area contributed by atoms with Gasteiger partial charge in [-0.2, -0.15) is 0 Å². The van der Waals surface area contributed by atoms with Crippen LogP contribution in [0, 0.1) is 16.7 Å². The van der Waals surface area contributed by atoms with E-state index >= 15 is 0 Å². The van der Waals surface area contributed by atoms with Crippen LogP contribution < -0.4 is 18.9 Å². The summed E-state index contributed by atoms with van der Waals surface area (Å²) >= 11 is 18.8. The number of methoxy groups -OCH3 is 3. The van der Waals surface area contributed by atoms with Gasteiger partial charge in [-0.1, -0.05) is 128 Å². The fraction of sp³-hybridized carbons (Fsp3) is 0.431. The van der Waals surface area contributed by atoms with Crippen molar-refractivity contribution >= 4 is 88.3 Å². The second kappa shape index (κ2) is 35.4. The molecule has 1 N–H and O–H groups in total. The number of pyridine rings is 3. The number of aryl methyl sites for hydroxylation is 3. The van der Waals surface area contributed by atoms with Crippen LogP contribution in [-0.4, -0.2) is 115 Å². The Labute approximate surface area is 568 Å². The molecule has 14 nitrogen and oxygen atoms in total. The quantitative estimate of drug-likeness (QED) is 0.0313. The van der Waals surface area contributed by atoms with Crippen LogP contribution in [0.4, 0.5) is 0 Å². The number of hydrogen-bond acceptors (Lipinski definition) is 11. The van der Waals surface area contributed by atoms with Crippen LogP contribution in [0.3, 0.4) is 0 Å². The molecule has 9 rings (SSSR count). The molecule has 0 bridgehead atoms. The number of nitrogens with zero attached hydrogens (tertiary/aromatic N) is 6. The SMILES string of the molecule is CCOC(=O)C(C)(C)Cc1c(-c2ccccc2CCOC)n(CC)c2ccc(Cl)nc12.CCOC(=O)C(C)Cc1c(-c2ccccc2CCOC)n(CC)c2ccc(Cl)nc12.CCn1c(-c2ccccc2CCOC)c(CC(C)(C)CO)c2nc(Cl)ccc21.[B].[H-].[Li+]. The van der Waals surface area contributed by atoms with Gasteiger partial charge >= 0.3 is 30.8 Å². The number of fused-ring (bicyclic) bond motifs is 3. The van der Waals surface area contributed by atoms with E-state index in [1.165, 1.54) is 27.9 Å². The average molecular weight is 1290 g/mol. The van der Waals surface area contributed by atoms with Gasteiger partial charge in [-0.25, -0.2) is 15.0 Å². The number of esters is 2. The third kappa shape index (κ3) is 18.0. The molecule has 91 heavy (non-hydrogen) atoms. The van der Waals surface area contributed by atoms with Crippen LogP contribution >= 0.6 is 34.8 Å². The number of aromatic nitrogens is 6. The van der Waals surface area contributed by atoms with Gasteiger partial charge in [0.15, 0.2) is 0 Å². The third-order valence-electron chi connectivity index (χ3n) is 16.1. The second-order valence-corrected chi connectivity index (χ2v) is 24.7. The second-order valence-electron chi connectivity index (χ2n) is 23.6. The smallest absolute Gasteiger partial charge is 1.00 e. The summed E-state index contributed by atoms with van der Waals surface area (Å²) < 4.78 is 33.4. The first-order valence-corrected chi connectivity index (χ1v) is 32.1. The monoisotopic (exact) mass is 1290 g/mol. The number of aliphatic hydroxyl groups is 1. The minimum Gasteiger partial charge on any atom is -1.00 e. The zero-order chi connectivity index (χ0) is 64.6. The van der Waals surface area contributed by atoms with Crippen molar-refractivity contribution in [1.82, 2.24) is 28.7 Å². The van der Waals surface area contributed by atoms with Crippen molar-refractivity contribution in [3.05, 3.63) is 158 Å². The van der Waals surface area contributed by atoms with Crippen LogP contribution in [0.15, 0.2) is 109 Å². The molecule has 0 aliphatic carbocycles. The zero-order valence-electron chi connectivity index (χ0n) is 56.8. The molecule has 6 heterocycles. The fourth-order valence-corrected chi connectivity index (χ4v) is 12.3. The molecule has 0 amide bonds. The van der Waals surface area contributed by atoms with Gasteiger partial charge in [-0.05, 0) is 145 Å². The van der Waals surface area contributed by atoms with E-state index in [1.54, 1.807) is 21.3 Å². The molecule has 0 aliphatic heterocycles. The summed E-state index contributed by atoms with van der Waals surface area (Å²) in [6, 6.07) is 36.7. The van der Waals surface area contributed by atoms with Crippen molar-refractivity contribution in [2.75, 3.05) is 61.0 Å². The molecule has 6 aromatic heterocycles. The third-order valence-corrected chi connectivity index (χ3v) is 16.8. The van der Waals surface area contributed by atoms with Crippen molar-refractivity contribution in [3.63, 3.8) is 0 Å². The molecule has 3 aromatic carbocycles. The summed E-state index contributed by atoms with van der Waals surface area (Å²) in [6.07, 6.45) is 4.19.